The van der Waals surface area contributed by atoms with Crippen molar-refractivity contribution in [1.82, 2.24) is 15.3 Å². The number of pyridine rings is 2. The van der Waals surface area contributed by atoms with E-state index < -0.39 is 5.60 Å². The maximum atomic E-state index is 13.1. The molecule has 168 valence electrons. The van der Waals surface area contributed by atoms with Crippen LogP contribution in [0.25, 0.3) is 0 Å². The van der Waals surface area contributed by atoms with Crippen molar-refractivity contribution in [2.45, 2.75) is 58.6 Å². The molecular weight excluding hydrogens is 422 g/mol. The first kappa shape index (κ1) is 23.7. The van der Waals surface area contributed by atoms with Gasteiger partial charge in [0.2, 0.25) is 5.88 Å². The highest BCUT2D eigenvalue weighted by Gasteiger charge is 2.33. The molecule has 0 radical (unpaired) electrons. The van der Waals surface area contributed by atoms with E-state index in [1.54, 1.807) is 32.3 Å². The number of halogens is 1. The molecule has 1 aromatic carbocycles. The second-order valence-electron chi connectivity index (χ2n) is 8.74. The van der Waals surface area contributed by atoms with Crippen molar-refractivity contribution in [3.63, 3.8) is 0 Å². The van der Waals surface area contributed by atoms with Gasteiger partial charge in [-0.2, -0.15) is 0 Å². The number of rotatable bonds is 8. The second-order valence-corrected chi connectivity index (χ2v) is 9.18. The Morgan fingerprint density at radius 2 is 1.84 bits per heavy atom. The van der Waals surface area contributed by atoms with E-state index >= 15 is 0 Å². The number of amides is 1. The van der Waals surface area contributed by atoms with E-state index in [2.05, 4.69) is 40.4 Å². The number of aromatic nitrogens is 2. The summed E-state index contributed by atoms with van der Waals surface area (Å²) in [5, 5.41) is 3.76. The Bertz CT molecular complexity index is 1050. The summed E-state index contributed by atoms with van der Waals surface area (Å²) >= 11 is 6.00. The van der Waals surface area contributed by atoms with Crippen LogP contribution in [-0.4, -0.2) is 27.5 Å². The second kappa shape index (κ2) is 10.1. The zero-order valence-electron chi connectivity index (χ0n) is 19.2. The minimum Gasteiger partial charge on any atom is -0.462 e. The van der Waals surface area contributed by atoms with Crippen LogP contribution in [0.4, 0.5) is 0 Å². The Kier molecular flexibility index (Phi) is 7.52. The first-order chi connectivity index (χ1) is 15.1. The molecule has 3 rings (SSSR count). The lowest BCUT2D eigenvalue weighted by molar-refractivity contribution is -0.135. The Labute approximate surface area is 195 Å². The summed E-state index contributed by atoms with van der Waals surface area (Å²) in [5.74, 6) is 0.249. The number of carbonyl (C=O) groups is 1. The van der Waals surface area contributed by atoms with E-state index in [1.165, 1.54) is 5.56 Å². The average Bonchev–Trinajstić information content (AvgIpc) is 2.74. The fourth-order valence-electron chi connectivity index (χ4n) is 3.54. The average molecular weight is 452 g/mol. The summed E-state index contributed by atoms with van der Waals surface area (Å²) in [6.07, 6.45) is 4.04. The van der Waals surface area contributed by atoms with Gasteiger partial charge in [0.1, 0.15) is 0 Å². The first-order valence-electron chi connectivity index (χ1n) is 10.7. The van der Waals surface area contributed by atoms with E-state index in [-0.39, 0.29) is 17.9 Å². The maximum absolute atomic E-state index is 13.1. The van der Waals surface area contributed by atoms with Crippen molar-refractivity contribution in [3.8, 4) is 5.88 Å². The van der Waals surface area contributed by atoms with Gasteiger partial charge >= 0.3 is 0 Å². The Hall–Kier alpha value is -2.92. The minimum atomic E-state index is -1.08. The molecule has 5 nitrogen and oxygen atoms in total. The largest absolute Gasteiger partial charge is 0.462 e. The van der Waals surface area contributed by atoms with Crippen molar-refractivity contribution < 1.29 is 9.53 Å². The normalized spacial score (nSPS) is 13.3. The standard InChI is InChI=1S/C26H30ClN3O2/c1-17-7-6-8-20(13-17)23(14-22-11-10-21(27)16-28-22)19(3)30-25(31)26(4,5)32-24-12-9-18(2)15-29-24/h6-13,15-16,19,23H,14H2,1-5H3,(H,30,31). The van der Waals surface area contributed by atoms with Crippen LogP contribution in [0.2, 0.25) is 5.02 Å². The Morgan fingerprint density at radius 3 is 2.47 bits per heavy atom. The molecule has 1 amide bonds. The third-order valence-electron chi connectivity index (χ3n) is 5.44. The topological polar surface area (TPSA) is 64.1 Å². The predicted octanol–water partition coefficient (Wildman–Crippen LogP) is 5.44. The van der Waals surface area contributed by atoms with Crippen LogP contribution in [0, 0.1) is 13.8 Å². The van der Waals surface area contributed by atoms with Crippen molar-refractivity contribution in [2.75, 3.05) is 0 Å². The monoisotopic (exact) mass is 451 g/mol. The van der Waals surface area contributed by atoms with Gasteiger partial charge in [-0.3, -0.25) is 9.78 Å². The molecule has 0 spiro atoms. The number of aryl methyl sites for hydroxylation is 2. The van der Waals surface area contributed by atoms with Crippen molar-refractivity contribution >= 4 is 17.5 Å². The molecule has 32 heavy (non-hydrogen) atoms. The van der Waals surface area contributed by atoms with Crippen LogP contribution in [-0.2, 0) is 11.2 Å². The molecular formula is C26H30ClN3O2. The lowest BCUT2D eigenvalue weighted by Crippen LogP contribution is -2.51. The molecule has 2 atom stereocenters. The molecule has 0 bridgehead atoms. The zero-order valence-corrected chi connectivity index (χ0v) is 20.0. The van der Waals surface area contributed by atoms with Crippen LogP contribution in [0.5, 0.6) is 5.88 Å². The molecule has 0 saturated heterocycles. The number of benzene rings is 1. The number of hydrogen-bond acceptors (Lipinski definition) is 4. The van der Waals surface area contributed by atoms with Crippen molar-refractivity contribution in [3.05, 3.63) is 88.3 Å². The SMILES string of the molecule is Cc1ccc(OC(C)(C)C(=O)NC(C)C(Cc2ccc(Cl)cn2)c2cccc(C)c2)nc1. The van der Waals surface area contributed by atoms with E-state index in [0.29, 0.717) is 17.3 Å². The van der Waals surface area contributed by atoms with Crippen molar-refractivity contribution in [2.24, 2.45) is 0 Å². The van der Waals surface area contributed by atoms with Gasteiger partial charge in [0.25, 0.3) is 5.91 Å². The van der Waals surface area contributed by atoms with Gasteiger partial charge in [-0.25, -0.2) is 4.98 Å². The first-order valence-corrected chi connectivity index (χ1v) is 11.1. The van der Waals surface area contributed by atoms with Gasteiger partial charge in [0.05, 0.1) is 5.02 Å². The minimum absolute atomic E-state index is 0.0285. The fourth-order valence-corrected chi connectivity index (χ4v) is 3.65. The summed E-state index contributed by atoms with van der Waals surface area (Å²) in [4.78, 5) is 21.9. The number of nitrogens with one attached hydrogen (secondary N) is 1. The van der Waals surface area contributed by atoms with Crippen LogP contribution < -0.4 is 10.1 Å². The van der Waals surface area contributed by atoms with Crippen LogP contribution in [0.3, 0.4) is 0 Å². The number of hydrogen-bond donors (Lipinski definition) is 1. The Balaban J connectivity index is 1.78. The summed E-state index contributed by atoms with van der Waals surface area (Å²) in [6.45, 7) is 9.53. The molecule has 6 heteroatoms. The third kappa shape index (κ3) is 6.30. The summed E-state index contributed by atoms with van der Waals surface area (Å²) in [7, 11) is 0. The van der Waals surface area contributed by atoms with Crippen molar-refractivity contribution in [1.29, 1.82) is 0 Å². The molecule has 0 aliphatic rings. The van der Waals surface area contributed by atoms with Gasteiger partial charge < -0.3 is 10.1 Å². The van der Waals surface area contributed by atoms with Gasteiger partial charge in [-0.05, 0) is 64.3 Å². The molecule has 1 N–H and O–H groups in total. The van der Waals surface area contributed by atoms with Crippen LogP contribution in [0.1, 0.15) is 49.1 Å². The molecule has 0 saturated carbocycles. The van der Waals surface area contributed by atoms with Crippen LogP contribution in [0.15, 0.2) is 60.9 Å². The zero-order chi connectivity index (χ0) is 23.3. The highest BCUT2D eigenvalue weighted by Crippen LogP contribution is 2.26. The third-order valence-corrected chi connectivity index (χ3v) is 5.66. The van der Waals surface area contributed by atoms with Crippen LogP contribution >= 0.6 is 11.6 Å². The van der Waals surface area contributed by atoms with E-state index in [4.69, 9.17) is 16.3 Å². The number of ether oxygens (including phenoxy) is 1. The van der Waals surface area contributed by atoms with E-state index in [1.807, 2.05) is 38.1 Å². The molecule has 0 fully saturated rings. The summed E-state index contributed by atoms with van der Waals surface area (Å²) < 4.78 is 5.91. The summed E-state index contributed by atoms with van der Waals surface area (Å²) in [5.41, 5.74) is 3.19. The molecule has 0 aliphatic carbocycles. The Morgan fingerprint density at radius 1 is 1.06 bits per heavy atom. The molecule has 2 unspecified atom stereocenters. The number of nitrogens with zero attached hydrogens (tertiary/aromatic N) is 2. The quantitative estimate of drug-likeness (QED) is 0.495. The highest BCUT2D eigenvalue weighted by molar-refractivity contribution is 6.30. The fraction of sp³-hybridized carbons (Fsp3) is 0.346. The maximum Gasteiger partial charge on any atom is 0.263 e. The van der Waals surface area contributed by atoms with Gasteiger partial charge in [0.15, 0.2) is 5.60 Å². The lowest BCUT2D eigenvalue weighted by Gasteiger charge is -2.30. The molecule has 2 aromatic heterocycles. The van der Waals surface area contributed by atoms with Gasteiger partial charge in [-0.15, -0.1) is 0 Å². The van der Waals surface area contributed by atoms with Gasteiger partial charge in [0, 0.05) is 36.1 Å². The summed E-state index contributed by atoms with van der Waals surface area (Å²) in [6, 6.07) is 15.6. The van der Waals surface area contributed by atoms with E-state index in [0.717, 1.165) is 16.8 Å². The number of carbonyl (C=O) groups excluding carboxylic acids is 1. The van der Waals surface area contributed by atoms with E-state index in [9.17, 15) is 4.79 Å². The predicted molar refractivity (Wildman–Crippen MR) is 128 cm³/mol. The smallest absolute Gasteiger partial charge is 0.263 e. The molecule has 2 heterocycles. The highest BCUT2D eigenvalue weighted by atomic mass is 35.5. The van der Waals surface area contributed by atoms with Gasteiger partial charge in [-0.1, -0.05) is 47.5 Å². The molecule has 3 aromatic rings. The lowest BCUT2D eigenvalue weighted by atomic mass is 9.87. The molecule has 0 aliphatic heterocycles.